The summed E-state index contributed by atoms with van der Waals surface area (Å²) >= 11 is 1.78. The van der Waals surface area contributed by atoms with Crippen molar-refractivity contribution in [2.45, 2.75) is 19.4 Å². The van der Waals surface area contributed by atoms with Gasteiger partial charge in [0.2, 0.25) is 0 Å². The summed E-state index contributed by atoms with van der Waals surface area (Å²) in [6.45, 7) is 2.12. The Bertz CT molecular complexity index is 816. The Hall–Kier alpha value is -1.90. The molecule has 1 atom stereocenters. The van der Waals surface area contributed by atoms with E-state index in [1.54, 1.807) is 11.3 Å². The summed E-state index contributed by atoms with van der Waals surface area (Å²) in [5.41, 5.74) is 13.2. The molecule has 0 saturated heterocycles. The van der Waals surface area contributed by atoms with Crippen LogP contribution in [0.25, 0.3) is 11.1 Å². The molecule has 0 spiro atoms. The average Bonchev–Trinajstić information content (AvgIpc) is 3.09. The van der Waals surface area contributed by atoms with Gasteiger partial charge in [0.15, 0.2) is 0 Å². The molecule has 4 rings (SSSR count). The van der Waals surface area contributed by atoms with Gasteiger partial charge in [-0.15, -0.1) is 11.3 Å². The summed E-state index contributed by atoms with van der Waals surface area (Å²) in [4.78, 5) is 2.55. The van der Waals surface area contributed by atoms with Gasteiger partial charge in [-0.25, -0.2) is 0 Å². The van der Waals surface area contributed by atoms with E-state index < -0.39 is 0 Å². The Labute approximate surface area is 129 Å². The van der Waals surface area contributed by atoms with Crippen molar-refractivity contribution in [2.24, 2.45) is 5.73 Å². The van der Waals surface area contributed by atoms with E-state index in [0.29, 0.717) is 0 Å². The molecule has 0 bridgehead atoms. The Balaban J connectivity index is 1.77. The van der Waals surface area contributed by atoms with Gasteiger partial charge < -0.3 is 5.73 Å². The molecular weight excluding hydrogens is 274 g/mol. The lowest BCUT2D eigenvalue weighted by atomic mass is 9.98. The molecule has 1 aromatic heterocycles. The number of aryl methyl sites for hydroxylation is 1. The maximum atomic E-state index is 6.45. The van der Waals surface area contributed by atoms with Gasteiger partial charge in [-0.1, -0.05) is 36.4 Å². The fourth-order valence-corrected chi connectivity index (χ4v) is 4.03. The van der Waals surface area contributed by atoms with E-state index in [9.17, 15) is 0 Å². The summed E-state index contributed by atoms with van der Waals surface area (Å²) in [6, 6.07) is 19.6. The normalized spacial score (nSPS) is 13.8. The van der Waals surface area contributed by atoms with Crippen LogP contribution in [-0.4, -0.2) is 0 Å². The van der Waals surface area contributed by atoms with Crippen molar-refractivity contribution >= 4 is 11.3 Å². The summed E-state index contributed by atoms with van der Waals surface area (Å²) < 4.78 is 0. The van der Waals surface area contributed by atoms with E-state index in [2.05, 4.69) is 61.5 Å². The van der Waals surface area contributed by atoms with Crippen LogP contribution < -0.4 is 5.73 Å². The minimum atomic E-state index is -0.0261. The van der Waals surface area contributed by atoms with E-state index in [0.717, 1.165) is 6.42 Å². The van der Waals surface area contributed by atoms with E-state index in [1.165, 1.54) is 37.6 Å². The van der Waals surface area contributed by atoms with Gasteiger partial charge >= 0.3 is 0 Å². The third-order valence-corrected chi connectivity index (χ3v) is 5.33. The van der Waals surface area contributed by atoms with Crippen LogP contribution in [-0.2, 0) is 6.42 Å². The Morgan fingerprint density at radius 3 is 2.57 bits per heavy atom. The summed E-state index contributed by atoms with van der Waals surface area (Å²) in [5, 5.41) is 0. The van der Waals surface area contributed by atoms with Gasteiger partial charge in [-0.05, 0) is 59.4 Å². The molecule has 0 aliphatic heterocycles. The first-order chi connectivity index (χ1) is 10.2. The van der Waals surface area contributed by atoms with Crippen LogP contribution >= 0.6 is 11.3 Å². The topological polar surface area (TPSA) is 26.0 Å². The quantitative estimate of drug-likeness (QED) is 0.570. The lowest BCUT2D eigenvalue weighted by Crippen LogP contribution is -2.10. The fourth-order valence-electron chi connectivity index (χ4n) is 3.12. The molecule has 2 aromatic carbocycles. The lowest BCUT2D eigenvalue weighted by Gasteiger charge is -2.12. The van der Waals surface area contributed by atoms with Crippen LogP contribution in [0.3, 0.4) is 0 Å². The van der Waals surface area contributed by atoms with Gasteiger partial charge in [0.25, 0.3) is 0 Å². The maximum Gasteiger partial charge on any atom is 0.0646 e. The predicted octanol–water partition coefficient (Wildman–Crippen LogP) is 4.68. The highest BCUT2D eigenvalue weighted by molar-refractivity contribution is 7.12. The molecular formula is C19H17NS. The van der Waals surface area contributed by atoms with Gasteiger partial charge in [0.05, 0.1) is 6.04 Å². The van der Waals surface area contributed by atoms with Crippen LogP contribution in [0.2, 0.25) is 0 Å². The highest BCUT2D eigenvalue weighted by atomic mass is 32.1. The van der Waals surface area contributed by atoms with Gasteiger partial charge in [-0.2, -0.15) is 0 Å². The van der Waals surface area contributed by atoms with Gasteiger partial charge in [0, 0.05) is 9.75 Å². The zero-order valence-corrected chi connectivity index (χ0v) is 12.8. The van der Waals surface area contributed by atoms with E-state index in [1.807, 2.05) is 0 Å². The third kappa shape index (κ3) is 2.11. The molecule has 2 N–H and O–H groups in total. The van der Waals surface area contributed by atoms with Crippen molar-refractivity contribution in [3.05, 3.63) is 81.0 Å². The zero-order valence-electron chi connectivity index (χ0n) is 12.0. The molecule has 1 unspecified atom stereocenters. The van der Waals surface area contributed by atoms with Crippen molar-refractivity contribution in [1.82, 2.24) is 0 Å². The number of nitrogens with two attached hydrogens (primary N) is 1. The number of hydrogen-bond acceptors (Lipinski definition) is 2. The number of hydrogen-bond donors (Lipinski definition) is 1. The molecule has 104 valence electrons. The molecule has 0 radical (unpaired) electrons. The maximum absolute atomic E-state index is 6.45. The monoisotopic (exact) mass is 291 g/mol. The third-order valence-electron chi connectivity index (χ3n) is 4.25. The van der Waals surface area contributed by atoms with Crippen molar-refractivity contribution in [1.29, 1.82) is 0 Å². The molecule has 3 aromatic rings. The smallest absolute Gasteiger partial charge is 0.0646 e. The second-order valence-corrected chi connectivity index (χ2v) is 7.00. The number of thiophene rings is 1. The standard InChI is InChI=1S/C19H17NS/c1-12-6-9-18(21-12)19(20)15-8-7-14-10-13-4-2-3-5-16(13)17(14)11-15/h2-9,11,19H,10,20H2,1H3. The Morgan fingerprint density at radius 2 is 1.76 bits per heavy atom. The molecule has 1 heterocycles. The Morgan fingerprint density at radius 1 is 0.952 bits per heavy atom. The minimum Gasteiger partial charge on any atom is -0.320 e. The molecule has 0 fully saturated rings. The number of benzene rings is 2. The number of fused-ring (bicyclic) bond motifs is 3. The first kappa shape index (κ1) is 12.8. The van der Waals surface area contributed by atoms with Crippen molar-refractivity contribution in [2.75, 3.05) is 0 Å². The molecule has 1 aliphatic rings. The molecule has 0 saturated carbocycles. The molecule has 1 nitrogen and oxygen atoms in total. The highest BCUT2D eigenvalue weighted by Gasteiger charge is 2.20. The summed E-state index contributed by atoms with van der Waals surface area (Å²) in [7, 11) is 0. The van der Waals surface area contributed by atoms with E-state index in [-0.39, 0.29) is 6.04 Å². The average molecular weight is 291 g/mol. The van der Waals surface area contributed by atoms with Crippen LogP contribution in [0.15, 0.2) is 54.6 Å². The lowest BCUT2D eigenvalue weighted by molar-refractivity contribution is 0.893. The van der Waals surface area contributed by atoms with Crippen molar-refractivity contribution < 1.29 is 0 Å². The van der Waals surface area contributed by atoms with Crippen molar-refractivity contribution in [3.8, 4) is 11.1 Å². The molecule has 21 heavy (non-hydrogen) atoms. The molecule has 0 amide bonds. The van der Waals surface area contributed by atoms with Crippen molar-refractivity contribution in [3.63, 3.8) is 0 Å². The van der Waals surface area contributed by atoms with Gasteiger partial charge in [-0.3, -0.25) is 0 Å². The fraction of sp³-hybridized carbons (Fsp3) is 0.158. The van der Waals surface area contributed by atoms with Crippen LogP contribution in [0.1, 0.15) is 32.5 Å². The number of rotatable bonds is 2. The largest absolute Gasteiger partial charge is 0.320 e. The van der Waals surface area contributed by atoms with Crippen LogP contribution in [0.5, 0.6) is 0 Å². The second kappa shape index (κ2) is 4.83. The second-order valence-electron chi connectivity index (χ2n) is 5.68. The Kier molecular flexibility index (Phi) is 2.95. The van der Waals surface area contributed by atoms with E-state index >= 15 is 0 Å². The summed E-state index contributed by atoms with van der Waals surface area (Å²) in [5.74, 6) is 0. The zero-order chi connectivity index (χ0) is 14.4. The molecule has 2 heteroatoms. The van der Waals surface area contributed by atoms with Crippen LogP contribution in [0, 0.1) is 6.92 Å². The van der Waals surface area contributed by atoms with Gasteiger partial charge in [0.1, 0.15) is 0 Å². The minimum absolute atomic E-state index is 0.0261. The van der Waals surface area contributed by atoms with Crippen LogP contribution in [0.4, 0.5) is 0 Å². The highest BCUT2D eigenvalue weighted by Crippen LogP contribution is 2.38. The van der Waals surface area contributed by atoms with E-state index in [4.69, 9.17) is 5.73 Å². The predicted molar refractivity (Wildman–Crippen MR) is 89.8 cm³/mol. The molecule has 1 aliphatic carbocycles. The summed E-state index contributed by atoms with van der Waals surface area (Å²) in [6.07, 6.45) is 1.04. The first-order valence-electron chi connectivity index (χ1n) is 7.25. The SMILES string of the molecule is Cc1ccc(C(N)c2ccc3c(c2)-c2ccccc2C3)s1. The first-order valence-corrected chi connectivity index (χ1v) is 8.07.